The molecule has 0 saturated carbocycles. The minimum Gasteiger partial charge on any atom is -0.489 e. The summed E-state index contributed by atoms with van der Waals surface area (Å²) < 4.78 is 7.79. The van der Waals surface area contributed by atoms with Gasteiger partial charge in [0.1, 0.15) is 12.4 Å². The van der Waals surface area contributed by atoms with Gasteiger partial charge < -0.3 is 4.74 Å². The number of hydrogen-bond acceptors (Lipinski definition) is 1. The van der Waals surface area contributed by atoms with Crippen molar-refractivity contribution in [3.8, 4) is 5.75 Å². The lowest BCUT2D eigenvalue weighted by Crippen LogP contribution is -1.93. The van der Waals surface area contributed by atoms with Gasteiger partial charge in [-0.15, -0.1) is 0 Å². The van der Waals surface area contributed by atoms with Crippen LogP contribution in [0.5, 0.6) is 5.75 Å². The molecule has 0 spiro atoms. The fourth-order valence-electron chi connectivity index (χ4n) is 2.24. The zero-order valence-electron chi connectivity index (χ0n) is 10.3. The van der Waals surface area contributed by atoms with Gasteiger partial charge in [-0.25, -0.2) is 0 Å². The highest BCUT2D eigenvalue weighted by Crippen LogP contribution is 2.29. The lowest BCUT2D eigenvalue weighted by Gasteiger charge is -2.09. The van der Waals surface area contributed by atoms with Crippen molar-refractivity contribution in [1.29, 1.82) is 0 Å². The van der Waals surface area contributed by atoms with Crippen LogP contribution in [0, 0.1) is 0 Å². The van der Waals surface area contributed by atoms with Crippen LogP contribution < -0.4 is 4.74 Å². The molecule has 3 aromatic carbocycles. The summed E-state index contributed by atoms with van der Waals surface area (Å²) in [5.41, 5.74) is 0. The van der Waals surface area contributed by atoms with E-state index in [2.05, 4.69) is 65.1 Å². The Morgan fingerprint density at radius 1 is 0.895 bits per heavy atom. The molecule has 0 aliphatic heterocycles. The first kappa shape index (κ1) is 12.5. The molecule has 0 fully saturated rings. The van der Waals surface area contributed by atoms with Gasteiger partial charge in [0, 0.05) is 5.39 Å². The molecule has 1 nitrogen and oxygen atoms in total. The third-order valence-electron chi connectivity index (χ3n) is 3.13. The first-order valence-electron chi connectivity index (χ1n) is 6.18. The smallest absolute Gasteiger partial charge is 0.127 e. The molecule has 0 aliphatic carbocycles. The normalized spacial score (nSPS) is 11.4. The van der Waals surface area contributed by atoms with Crippen LogP contribution in [0.25, 0.3) is 21.5 Å². The van der Waals surface area contributed by atoms with E-state index < -0.39 is 0 Å². The first-order chi connectivity index (χ1) is 9.38. The van der Waals surface area contributed by atoms with Gasteiger partial charge in [0.25, 0.3) is 0 Å². The molecule has 0 unspecified atom stereocenters. The van der Waals surface area contributed by atoms with Gasteiger partial charge in [-0.05, 0) is 44.5 Å². The van der Waals surface area contributed by atoms with Gasteiger partial charge in [0.15, 0.2) is 0 Å². The van der Waals surface area contributed by atoms with E-state index in [1.54, 1.807) is 0 Å². The lowest BCUT2D eigenvalue weighted by atomic mass is 10.0. The van der Waals surface area contributed by atoms with Crippen molar-refractivity contribution in [2.75, 3.05) is 6.61 Å². The Morgan fingerprint density at radius 3 is 2.42 bits per heavy atom. The maximum absolute atomic E-state index is 5.82. The van der Waals surface area contributed by atoms with Gasteiger partial charge in [-0.3, -0.25) is 0 Å². The fraction of sp³-hybridized carbons (Fsp3) is 0.0588. The first-order valence-corrected chi connectivity index (χ1v) is 7.42. The van der Waals surface area contributed by atoms with Crippen molar-refractivity contribution in [2.24, 2.45) is 0 Å². The summed E-state index contributed by atoms with van der Waals surface area (Å²) in [6.07, 6.45) is 2.00. The van der Waals surface area contributed by atoms with E-state index in [-0.39, 0.29) is 0 Å². The van der Waals surface area contributed by atoms with E-state index in [1.165, 1.54) is 21.5 Å². The second-order valence-electron chi connectivity index (χ2n) is 4.35. The van der Waals surface area contributed by atoms with Gasteiger partial charge in [0.2, 0.25) is 0 Å². The average molecular weight is 360 g/mol. The molecule has 94 valence electrons. The van der Waals surface area contributed by atoms with Crippen molar-refractivity contribution in [1.82, 2.24) is 0 Å². The number of benzene rings is 3. The maximum Gasteiger partial charge on any atom is 0.127 e. The van der Waals surface area contributed by atoms with Crippen molar-refractivity contribution < 1.29 is 4.74 Å². The zero-order chi connectivity index (χ0) is 13.1. The summed E-state index contributed by atoms with van der Waals surface area (Å²) in [6, 6.07) is 19.0. The molecule has 0 heterocycles. The van der Waals surface area contributed by atoms with Crippen LogP contribution in [0.1, 0.15) is 0 Å². The third kappa shape index (κ3) is 2.59. The van der Waals surface area contributed by atoms with E-state index in [9.17, 15) is 0 Å². The van der Waals surface area contributed by atoms with Gasteiger partial charge in [0.05, 0.1) is 0 Å². The number of fused-ring (bicyclic) bond motifs is 2. The maximum atomic E-state index is 5.82. The Labute approximate surface area is 126 Å². The highest BCUT2D eigenvalue weighted by atomic mass is 127. The van der Waals surface area contributed by atoms with Crippen LogP contribution in [-0.4, -0.2) is 6.61 Å². The molecular formula is C17H13IO. The molecule has 0 aromatic heterocycles. The van der Waals surface area contributed by atoms with E-state index in [0.717, 1.165) is 5.75 Å². The molecule has 0 aliphatic rings. The Balaban J connectivity index is 2.14. The Morgan fingerprint density at radius 2 is 1.63 bits per heavy atom. The van der Waals surface area contributed by atoms with E-state index >= 15 is 0 Å². The number of hydrogen-bond donors (Lipinski definition) is 0. The lowest BCUT2D eigenvalue weighted by molar-refractivity contribution is 0.367. The largest absolute Gasteiger partial charge is 0.489 e. The molecule has 0 atom stereocenters. The van der Waals surface area contributed by atoms with E-state index in [4.69, 9.17) is 4.74 Å². The molecular weight excluding hydrogens is 347 g/mol. The van der Waals surface area contributed by atoms with Gasteiger partial charge in [-0.2, -0.15) is 0 Å². The summed E-state index contributed by atoms with van der Waals surface area (Å²) in [5.74, 6) is 0.942. The molecule has 0 amide bonds. The zero-order valence-corrected chi connectivity index (χ0v) is 12.5. The van der Waals surface area contributed by atoms with Crippen LogP contribution in [0.15, 0.2) is 64.8 Å². The molecule has 3 rings (SSSR count). The molecule has 0 radical (unpaired) electrons. The number of halogens is 1. The topological polar surface area (TPSA) is 9.23 Å². The average Bonchev–Trinajstić information content (AvgIpc) is 2.46. The summed E-state index contributed by atoms with van der Waals surface area (Å²) in [6.45, 7) is 0.606. The Bertz CT molecular complexity index is 746. The van der Waals surface area contributed by atoms with Crippen LogP contribution in [0.4, 0.5) is 0 Å². The predicted octanol–water partition coefficient (Wildman–Crippen LogP) is 5.32. The summed E-state index contributed by atoms with van der Waals surface area (Å²) in [4.78, 5) is 0. The summed E-state index contributed by atoms with van der Waals surface area (Å²) in [7, 11) is 0. The third-order valence-corrected chi connectivity index (χ3v) is 3.64. The van der Waals surface area contributed by atoms with Gasteiger partial charge in [-0.1, -0.05) is 59.0 Å². The van der Waals surface area contributed by atoms with Crippen molar-refractivity contribution in [3.05, 3.63) is 64.8 Å². The van der Waals surface area contributed by atoms with E-state index in [1.807, 2.05) is 22.3 Å². The van der Waals surface area contributed by atoms with Crippen molar-refractivity contribution in [3.63, 3.8) is 0 Å². The fourth-order valence-corrected chi connectivity index (χ4v) is 2.45. The SMILES string of the molecule is I/C=C/COc1cccc2cc3ccccc3cc12. The van der Waals surface area contributed by atoms with Crippen molar-refractivity contribution in [2.45, 2.75) is 0 Å². The number of ether oxygens (including phenoxy) is 1. The molecule has 0 bridgehead atoms. The van der Waals surface area contributed by atoms with E-state index in [0.29, 0.717) is 6.61 Å². The predicted molar refractivity (Wildman–Crippen MR) is 90.1 cm³/mol. The monoisotopic (exact) mass is 360 g/mol. The summed E-state index contributed by atoms with van der Waals surface area (Å²) >= 11 is 2.20. The van der Waals surface area contributed by atoms with Crippen LogP contribution in [-0.2, 0) is 0 Å². The second-order valence-corrected chi connectivity index (χ2v) is 5.07. The van der Waals surface area contributed by atoms with Crippen LogP contribution in [0.3, 0.4) is 0 Å². The Hall–Kier alpha value is -1.55. The standard InChI is InChI=1S/C17H13IO/c18-9-4-10-19-17-8-3-7-15-11-13-5-1-2-6-14(13)12-16(15)17/h1-9,11-12H,10H2/b9-4+. The minimum atomic E-state index is 0.606. The quantitative estimate of drug-likeness (QED) is 0.454. The summed E-state index contributed by atoms with van der Waals surface area (Å²) in [5, 5.41) is 4.90. The molecule has 19 heavy (non-hydrogen) atoms. The van der Waals surface area contributed by atoms with Crippen molar-refractivity contribution >= 4 is 44.1 Å². The van der Waals surface area contributed by atoms with Gasteiger partial charge >= 0.3 is 0 Å². The van der Waals surface area contributed by atoms with Crippen LogP contribution in [0.2, 0.25) is 0 Å². The molecule has 2 heteroatoms. The molecule has 0 saturated heterocycles. The Kier molecular flexibility index (Phi) is 3.69. The highest BCUT2D eigenvalue weighted by Gasteiger charge is 2.03. The number of rotatable bonds is 3. The second kappa shape index (κ2) is 5.61. The highest BCUT2D eigenvalue weighted by molar-refractivity contribution is 14.1. The minimum absolute atomic E-state index is 0.606. The molecule has 0 N–H and O–H groups in total. The van der Waals surface area contributed by atoms with Crippen LogP contribution >= 0.6 is 22.6 Å². The molecule has 3 aromatic rings.